The fraction of sp³-hybridized carbons (Fsp3) is 0.500. The van der Waals surface area contributed by atoms with E-state index < -0.39 is 0 Å². The van der Waals surface area contributed by atoms with Crippen molar-refractivity contribution in [3.8, 4) is 0 Å². The van der Waals surface area contributed by atoms with E-state index in [1.54, 1.807) is 11.3 Å². The van der Waals surface area contributed by atoms with E-state index in [1.165, 1.54) is 44.5 Å². The quantitative estimate of drug-likeness (QED) is 0.791. The molecule has 26 heavy (non-hydrogen) atoms. The number of hydrogen-bond donors (Lipinski definition) is 0. The topological polar surface area (TPSA) is 23.6 Å². The Labute approximate surface area is 160 Å². The molecule has 1 aromatic carbocycles. The molecule has 138 valence electrons. The Kier molecular flexibility index (Phi) is 5.71. The van der Waals surface area contributed by atoms with Gasteiger partial charge < -0.3 is 9.80 Å². The van der Waals surface area contributed by atoms with Gasteiger partial charge in [0.1, 0.15) is 0 Å². The minimum atomic E-state index is 0.223. The summed E-state index contributed by atoms with van der Waals surface area (Å²) in [6, 6.07) is 12.8. The van der Waals surface area contributed by atoms with E-state index in [9.17, 15) is 4.79 Å². The fourth-order valence-corrected chi connectivity index (χ4v) is 5.15. The molecule has 0 aliphatic carbocycles. The molecular formula is C22H28N2OS. The SMILES string of the molecule is O=C(c1ccsc1)N1CCC([C@@H]2CCN(CCc3ccccc3)C2)CC1. The molecule has 2 aliphatic heterocycles. The maximum atomic E-state index is 12.5. The van der Waals surface area contributed by atoms with Gasteiger partial charge in [0.05, 0.1) is 5.56 Å². The second-order valence-corrected chi connectivity index (χ2v) is 8.51. The van der Waals surface area contributed by atoms with E-state index in [0.717, 1.165) is 36.9 Å². The van der Waals surface area contributed by atoms with Gasteiger partial charge in [-0.3, -0.25) is 4.79 Å². The van der Waals surface area contributed by atoms with Crippen LogP contribution in [-0.2, 0) is 6.42 Å². The summed E-state index contributed by atoms with van der Waals surface area (Å²) in [5, 5.41) is 3.96. The van der Waals surface area contributed by atoms with Crippen molar-refractivity contribution in [1.82, 2.24) is 9.80 Å². The summed E-state index contributed by atoms with van der Waals surface area (Å²) in [5.41, 5.74) is 2.30. The van der Waals surface area contributed by atoms with Gasteiger partial charge in [-0.05, 0) is 61.1 Å². The zero-order valence-corrected chi connectivity index (χ0v) is 16.2. The van der Waals surface area contributed by atoms with E-state index in [-0.39, 0.29) is 5.91 Å². The summed E-state index contributed by atoms with van der Waals surface area (Å²) in [6.07, 6.45) is 4.83. The van der Waals surface area contributed by atoms with Crippen molar-refractivity contribution in [2.45, 2.75) is 25.7 Å². The Hall–Kier alpha value is -1.65. The van der Waals surface area contributed by atoms with Gasteiger partial charge in [0.15, 0.2) is 0 Å². The molecule has 1 atom stereocenters. The molecule has 3 heterocycles. The van der Waals surface area contributed by atoms with Gasteiger partial charge in [-0.2, -0.15) is 11.3 Å². The number of carbonyl (C=O) groups is 1. The van der Waals surface area contributed by atoms with Crippen LogP contribution in [0.3, 0.4) is 0 Å². The number of carbonyl (C=O) groups excluding carboxylic acids is 1. The Morgan fingerprint density at radius 1 is 1.00 bits per heavy atom. The van der Waals surface area contributed by atoms with Crippen LogP contribution >= 0.6 is 11.3 Å². The number of rotatable bonds is 5. The van der Waals surface area contributed by atoms with Crippen LogP contribution < -0.4 is 0 Å². The van der Waals surface area contributed by atoms with Crippen LogP contribution in [0.1, 0.15) is 35.2 Å². The standard InChI is InChI=1S/C22H28N2OS/c25-22(21-10-15-26-17-21)24-13-8-19(9-14-24)20-7-12-23(16-20)11-6-18-4-2-1-3-5-18/h1-5,10,15,17,19-20H,6-9,11-14,16H2/t20-/m1/s1. The lowest BCUT2D eigenvalue weighted by Gasteiger charge is -2.34. The molecule has 4 heteroatoms. The first-order chi connectivity index (χ1) is 12.8. The Morgan fingerprint density at radius 3 is 2.50 bits per heavy atom. The van der Waals surface area contributed by atoms with Crippen molar-refractivity contribution in [1.29, 1.82) is 0 Å². The number of piperidine rings is 1. The van der Waals surface area contributed by atoms with Crippen LogP contribution in [0.4, 0.5) is 0 Å². The summed E-state index contributed by atoms with van der Waals surface area (Å²) in [5.74, 6) is 1.84. The average Bonchev–Trinajstić information content (AvgIpc) is 3.39. The maximum absolute atomic E-state index is 12.5. The first kappa shape index (κ1) is 17.7. The van der Waals surface area contributed by atoms with E-state index in [1.807, 2.05) is 16.8 Å². The molecule has 0 spiro atoms. The molecule has 0 unspecified atom stereocenters. The van der Waals surface area contributed by atoms with Crippen molar-refractivity contribution in [3.63, 3.8) is 0 Å². The van der Waals surface area contributed by atoms with Gasteiger partial charge in [-0.1, -0.05) is 30.3 Å². The van der Waals surface area contributed by atoms with Crippen LogP contribution in [0, 0.1) is 11.8 Å². The molecule has 0 radical (unpaired) electrons. The van der Waals surface area contributed by atoms with Crippen LogP contribution in [0.5, 0.6) is 0 Å². The Bertz CT molecular complexity index is 692. The monoisotopic (exact) mass is 368 g/mol. The minimum absolute atomic E-state index is 0.223. The molecule has 0 saturated carbocycles. The highest BCUT2D eigenvalue weighted by molar-refractivity contribution is 7.08. The zero-order chi connectivity index (χ0) is 17.8. The first-order valence-corrected chi connectivity index (χ1v) is 10.8. The third-order valence-electron chi connectivity index (χ3n) is 6.13. The zero-order valence-electron chi connectivity index (χ0n) is 15.3. The lowest BCUT2D eigenvalue weighted by molar-refractivity contribution is 0.0660. The normalized spacial score (nSPS) is 22.0. The van der Waals surface area contributed by atoms with Gasteiger partial charge in [-0.25, -0.2) is 0 Å². The van der Waals surface area contributed by atoms with Crippen LogP contribution in [0.15, 0.2) is 47.2 Å². The second kappa shape index (κ2) is 8.36. The predicted molar refractivity (Wildman–Crippen MR) is 108 cm³/mol. The molecule has 2 aliphatic rings. The van der Waals surface area contributed by atoms with Crippen LogP contribution in [0.25, 0.3) is 0 Å². The number of nitrogens with zero attached hydrogens (tertiary/aromatic N) is 2. The molecular weight excluding hydrogens is 340 g/mol. The van der Waals surface area contributed by atoms with E-state index >= 15 is 0 Å². The lowest BCUT2D eigenvalue weighted by Crippen LogP contribution is -2.40. The van der Waals surface area contributed by atoms with Crippen LogP contribution in [0.2, 0.25) is 0 Å². The average molecular weight is 369 g/mol. The number of amides is 1. The number of thiophene rings is 1. The highest BCUT2D eigenvalue weighted by Crippen LogP contribution is 2.32. The summed E-state index contributed by atoms with van der Waals surface area (Å²) >= 11 is 1.60. The Balaban J connectivity index is 1.22. The summed E-state index contributed by atoms with van der Waals surface area (Å²) in [7, 11) is 0. The summed E-state index contributed by atoms with van der Waals surface area (Å²) in [6.45, 7) is 5.53. The van der Waals surface area contributed by atoms with Gasteiger partial charge in [0, 0.05) is 31.6 Å². The molecule has 1 aromatic heterocycles. The van der Waals surface area contributed by atoms with Gasteiger partial charge in [0.25, 0.3) is 5.91 Å². The minimum Gasteiger partial charge on any atom is -0.339 e. The second-order valence-electron chi connectivity index (χ2n) is 7.73. The third kappa shape index (κ3) is 4.18. The lowest BCUT2D eigenvalue weighted by atomic mass is 9.83. The molecule has 2 saturated heterocycles. The highest BCUT2D eigenvalue weighted by Gasteiger charge is 2.32. The molecule has 2 fully saturated rings. The predicted octanol–water partition coefficient (Wildman–Crippen LogP) is 4.16. The molecule has 0 N–H and O–H groups in total. The van der Waals surface area contributed by atoms with Crippen molar-refractivity contribution in [3.05, 3.63) is 58.3 Å². The van der Waals surface area contributed by atoms with Crippen molar-refractivity contribution in [2.75, 3.05) is 32.7 Å². The highest BCUT2D eigenvalue weighted by atomic mass is 32.1. The van der Waals surface area contributed by atoms with E-state index in [2.05, 4.69) is 40.1 Å². The molecule has 1 amide bonds. The first-order valence-electron chi connectivity index (χ1n) is 9.87. The molecule has 3 nitrogen and oxygen atoms in total. The third-order valence-corrected chi connectivity index (χ3v) is 6.81. The Morgan fingerprint density at radius 2 is 1.77 bits per heavy atom. The molecule has 4 rings (SSSR count). The van der Waals surface area contributed by atoms with Gasteiger partial charge in [0.2, 0.25) is 0 Å². The van der Waals surface area contributed by atoms with E-state index in [0.29, 0.717) is 0 Å². The number of likely N-dealkylation sites (tertiary alicyclic amines) is 2. The number of hydrogen-bond acceptors (Lipinski definition) is 3. The van der Waals surface area contributed by atoms with E-state index in [4.69, 9.17) is 0 Å². The van der Waals surface area contributed by atoms with Crippen molar-refractivity contribution in [2.24, 2.45) is 11.8 Å². The summed E-state index contributed by atoms with van der Waals surface area (Å²) < 4.78 is 0. The largest absolute Gasteiger partial charge is 0.339 e. The fourth-order valence-electron chi connectivity index (χ4n) is 4.53. The van der Waals surface area contributed by atoms with Gasteiger partial charge in [-0.15, -0.1) is 0 Å². The number of benzene rings is 1. The van der Waals surface area contributed by atoms with Crippen LogP contribution in [-0.4, -0.2) is 48.4 Å². The summed E-state index contributed by atoms with van der Waals surface area (Å²) in [4.78, 5) is 17.2. The van der Waals surface area contributed by atoms with Crippen molar-refractivity contribution >= 4 is 17.2 Å². The smallest absolute Gasteiger partial charge is 0.254 e. The maximum Gasteiger partial charge on any atom is 0.254 e. The van der Waals surface area contributed by atoms with Crippen molar-refractivity contribution < 1.29 is 4.79 Å². The molecule has 0 bridgehead atoms. The van der Waals surface area contributed by atoms with Gasteiger partial charge >= 0.3 is 0 Å². The molecule has 2 aromatic rings.